The third-order valence-corrected chi connectivity index (χ3v) is 7.11. The maximum Gasteiger partial charge on any atom is 0.251 e. The number of carbonyl (C=O) groups excluding carboxylic acids is 1. The largest absolute Gasteiger partial charge is 0.346 e. The minimum Gasteiger partial charge on any atom is -0.346 e. The van der Waals surface area contributed by atoms with Gasteiger partial charge in [-0.15, -0.1) is 0 Å². The normalized spacial score (nSPS) is 16.1. The second-order valence-electron chi connectivity index (χ2n) is 7.35. The molecule has 3 rings (SSSR count). The number of carbonyl (C=O) groups is 1. The van der Waals surface area contributed by atoms with Crippen LogP contribution in [0, 0.1) is 0 Å². The molecule has 1 atom stereocenters. The maximum atomic E-state index is 12.5. The molecule has 0 saturated carbocycles. The van der Waals surface area contributed by atoms with Gasteiger partial charge in [0.05, 0.1) is 11.8 Å². The van der Waals surface area contributed by atoms with Crippen molar-refractivity contribution in [3.05, 3.63) is 70.8 Å². The highest BCUT2D eigenvalue weighted by atomic mass is 32.2. The number of rotatable bonds is 7. The molecule has 28 heavy (non-hydrogen) atoms. The number of hydrogen-bond donors (Lipinski definition) is 1. The van der Waals surface area contributed by atoms with Gasteiger partial charge in [0.2, 0.25) is 10.0 Å². The zero-order chi connectivity index (χ0) is 20.1. The monoisotopic (exact) mass is 400 g/mol. The Labute approximate surface area is 167 Å². The molecule has 2 aromatic rings. The van der Waals surface area contributed by atoms with Crippen LogP contribution in [0.15, 0.2) is 48.5 Å². The maximum absolute atomic E-state index is 12.5. The van der Waals surface area contributed by atoms with E-state index in [0.717, 1.165) is 24.8 Å². The summed E-state index contributed by atoms with van der Waals surface area (Å²) in [5.41, 5.74) is 3.55. The molecule has 0 bridgehead atoms. The number of nitrogens with one attached hydrogen (secondary N) is 1. The molecule has 150 valence electrons. The molecule has 1 saturated heterocycles. The van der Waals surface area contributed by atoms with Crippen LogP contribution in [-0.4, -0.2) is 31.7 Å². The summed E-state index contributed by atoms with van der Waals surface area (Å²) in [5, 5.41) is 3.00. The van der Waals surface area contributed by atoms with E-state index in [-0.39, 0.29) is 17.7 Å². The van der Waals surface area contributed by atoms with Crippen LogP contribution in [0.3, 0.4) is 0 Å². The number of aryl methyl sites for hydroxylation is 1. The summed E-state index contributed by atoms with van der Waals surface area (Å²) < 4.78 is 26.4. The highest BCUT2D eigenvalue weighted by molar-refractivity contribution is 7.88. The van der Waals surface area contributed by atoms with Gasteiger partial charge in [0.25, 0.3) is 5.91 Å². The van der Waals surface area contributed by atoms with Gasteiger partial charge in [-0.2, -0.15) is 0 Å². The van der Waals surface area contributed by atoms with Gasteiger partial charge >= 0.3 is 0 Å². The zero-order valence-electron chi connectivity index (χ0n) is 16.5. The van der Waals surface area contributed by atoms with Crippen molar-refractivity contribution in [1.82, 2.24) is 9.62 Å². The fourth-order valence-corrected chi connectivity index (χ4v) is 5.04. The fraction of sp³-hybridized carbons (Fsp3) is 0.409. The van der Waals surface area contributed by atoms with E-state index in [4.69, 9.17) is 0 Å². The Hall–Kier alpha value is -2.18. The average Bonchev–Trinajstić information content (AvgIpc) is 3.24. The molecule has 1 amide bonds. The van der Waals surface area contributed by atoms with Crippen molar-refractivity contribution in [2.24, 2.45) is 0 Å². The summed E-state index contributed by atoms with van der Waals surface area (Å²) in [7, 11) is -3.27. The van der Waals surface area contributed by atoms with Gasteiger partial charge in [-0.3, -0.25) is 4.79 Å². The van der Waals surface area contributed by atoms with E-state index in [1.54, 1.807) is 28.6 Å². The lowest BCUT2D eigenvalue weighted by molar-refractivity contribution is 0.0940. The molecule has 2 aromatic carbocycles. The summed E-state index contributed by atoms with van der Waals surface area (Å²) in [6.45, 7) is 5.29. The number of benzene rings is 2. The molecule has 1 aliphatic heterocycles. The molecule has 1 aliphatic rings. The van der Waals surface area contributed by atoms with Crippen LogP contribution < -0.4 is 5.32 Å². The minimum absolute atomic E-state index is 0.0188. The van der Waals surface area contributed by atoms with Crippen LogP contribution in [-0.2, 0) is 22.2 Å². The van der Waals surface area contributed by atoms with E-state index in [1.165, 1.54) is 5.56 Å². The number of sulfonamides is 1. The lowest BCUT2D eigenvalue weighted by Gasteiger charge is -2.16. The first-order valence-corrected chi connectivity index (χ1v) is 11.5. The van der Waals surface area contributed by atoms with Crippen LogP contribution >= 0.6 is 0 Å². The van der Waals surface area contributed by atoms with Crippen LogP contribution in [0.2, 0.25) is 0 Å². The Morgan fingerprint density at radius 1 is 1.00 bits per heavy atom. The summed E-state index contributed by atoms with van der Waals surface area (Å²) in [5.74, 6) is -0.184. The summed E-state index contributed by atoms with van der Waals surface area (Å²) in [6, 6.07) is 15.0. The Balaban J connectivity index is 1.61. The first-order chi connectivity index (χ1) is 13.4. The molecule has 0 radical (unpaired) electrons. The molecule has 5 nitrogen and oxygen atoms in total. The Kier molecular flexibility index (Phi) is 6.52. The number of amides is 1. The number of nitrogens with zero attached hydrogens (tertiary/aromatic N) is 1. The third kappa shape index (κ3) is 5.00. The summed E-state index contributed by atoms with van der Waals surface area (Å²) in [6.07, 6.45) is 2.84. The molecule has 0 aliphatic carbocycles. The van der Waals surface area contributed by atoms with Crippen molar-refractivity contribution in [1.29, 1.82) is 0 Å². The van der Waals surface area contributed by atoms with Gasteiger partial charge in [0.15, 0.2) is 0 Å². The zero-order valence-corrected chi connectivity index (χ0v) is 17.3. The van der Waals surface area contributed by atoms with E-state index in [0.29, 0.717) is 24.2 Å². The second-order valence-corrected chi connectivity index (χ2v) is 9.32. The van der Waals surface area contributed by atoms with Gasteiger partial charge in [-0.1, -0.05) is 43.3 Å². The molecule has 1 fully saturated rings. The third-order valence-electron chi connectivity index (χ3n) is 5.26. The van der Waals surface area contributed by atoms with Crippen molar-refractivity contribution < 1.29 is 13.2 Å². The molecule has 6 heteroatoms. The molecule has 0 spiro atoms. The SMILES string of the molecule is CCc1ccc([C@H](C)NC(=O)c2ccc(CS(=O)(=O)N3CCCC3)cc2)cc1. The van der Waals surface area contributed by atoms with Crippen molar-refractivity contribution >= 4 is 15.9 Å². The van der Waals surface area contributed by atoms with Crippen LogP contribution in [0.1, 0.15) is 59.8 Å². The van der Waals surface area contributed by atoms with Crippen molar-refractivity contribution in [2.75, 3.05) is 13.1 Å². The van der Waals surface area contributed by atoms with Gasteiger partial charge in [0.1, 0.15) is 0 Å². The number of hydrogen-bond acceptors (Lipinski definition) is 3. The lowest BCUT2D eigenvalue weighted by Crippen LogP contribution is -2.29. The predicted octanol–water partition coefficient (Wildman–Crippen LogP) is 3.67. The topological polar surface area (TPSA) is 66.5 Å². The summed E-state index contributed by atoms with van der Waals surface area (Å²) >= 11 is 0. The Morgan fingerprint density at radius 3 is 2.14 bits per heavy atom. The highest BCUT2D eigenvalue weighted by Gasteiger charge is 2.25. The molecular weight excluding hydrogens is 372 g/mol. The van der Waals surface area contributed by atoms with Gasteiger partial charge in [-0.25, -0.2) is 12.7 Å². The quantitative estimate of drug-likeness (QED) is 0.771. The molecular formula is C22H28N2O3S. The molecule has 0 aromatic heterocycles. The van der Waals surface area contributed by atoms with E-state index in [9.17, 15) is 13.2 Å². The summed E-state index contributed by atoms with van der Waals surface area (Å²) in [4.78, 5) is 12.5. The van der Waals surface area contributed by atoms with Gasteiger partial charge in [0, 0.05) is 18.7 Å². The minimum atomic E-state index is -3.27. The van der Waals surface area contributed by atoms with Gasteiger partial charge in [-0.05, 0) is 55.0 Å². The lowest BCUT2D eigenvalue weighted by atomic mass is 10.0. The van der Waals surface area contributed by atoms with E-state index in [2.05, 4.69) is 24.4 Å². The van der Waals surface area contributed by atoms with E-state index < -0.39 is 10.0 Å². The van der Waals surface area contributed by atoms with Crippen LogP contribution in [0.4, 0.5) is 0 Å². The first kappa shape index (κ1) is 20.6. The van der Waals surface area contributed by atoms with Crippen molar-refractivity contribution in [3.8, 4) is 0 Å². The van der Waals surface area contributed by atoms with E-state index in [1.807, 2.05) is 19.1 Å². The second kappa shape index (κ2) is 8.88. The molecule has 1 heterocycles. The highest BCUT2D eigenvalue weighted by Crippen LogP contribution is 2.18. The first-order valence-electron chi connectivity index (χ1n) is 9.85. The van der Waals surface area contributed by atoms with E-state index >= 15 is 0 Å². The van der Waals surface area contributed by atoms with Crippen LogP contribution in [0.5, 0.6) is 0 Å². The predicted molar refractivity (Wildman–Crippen MR) is 112 cm³/mol. The Bertz CT molecular complexity index is 900. The van der Waals surface area contributed by atoms with Crippen LogP contribution in [0.25, 0.3) is 0 Å². The Morgan fingerprint density at radius 2 is 1.57 bits per heavy atom. The van der Waals surface area contributed by atoms with Crippen molar-refractivity contribution in [2.45, 2.75) is 44.9 Å². The molecule has 0 unspecified atom stereocenters. The van der Waals surface area contributed by atoms with Gasteiger partial charge < -0.3 is 5.32 Å². The smallest absolute Gasteiger partial charge is 0.251 e. The standard InChI is InChI=1S/C22H28N2O3S/c1-3-18-6-10-20(11-7-18)17(2)23-22(25)21-12-8-19(9-13-21)16-28(26,27)24-14-4-5-15-24/h6-13,17H,3-5,14-16H2,1-2H3,(H,23,25)/t17-/m0/s1. The van der Waals surface area contributed by atoms with Crippen molar-refractivity contribution in [3.63, 3.8) is 0 Å². The molecule has 1 N–H and O–H groups in total. The average molecular weight is 401 g/mol. The fourth-order valence-electron chi connectivity index (χ4n) is 3.43.